The van der Waals surface area contributed by atoms with Crippen LogP contribution in [-0.2, 0) is 51.1 Å². The van der Waals surface area contributed by atoms with Crippen LogP contribution in [0.3, 0.4) is 0 Å². The maximum Gasteiger partial charge on any atom is 0.246 e. The fraction of sp³-hybridized carbons (Fsp3) is 0.633. The van der Waals surface area contributed by atoms with Gasteiger partial charge in [0, 0.05) is 44.2 Å². The number of carbonyl (C=O) groups excluding carboxylic acids is 6. The number of hydrogen-bond acceptors (Lipinski definition) is 9. The van der Waals surface area contributed by atoms with Crippen LogP contribution < -0.4 is 21.3 Å². The Morgan fingerprint density at radius 3 is 1.62 bits per heavy atom. The molecule has 8 unspecified atom stereocenters. The molecule has 14 heteroatoms. The van der Waals surface area contributed by atoms with Crippen molar-refractivity contribution < 1.29 is 38.2 Å². The standard InChI is InChI=1S/C60H80N6O8/c1-5-39(2)56(68)62-53(42-24-12-9-13-25-42)60(72)66-33-21-31-49(66)58(70)64-55-46-29-17-15-27-44(46)37-52(55)74-35-19-7-6-18-34-73-51-36-43-26-14-16-28-45(43)54(51)63-57(69)48-30-20-32-65(48)59(71)47(38-50(67)40(3)61-4)41-22-10-8-11-23-41/h14-17,26-29,39-42,47-49,51-55,61H,5,8-13,20-25,30-38H2,1-4H3,(H,62,68)(H,63,69)(H,64,70)/t39-,40+,47?,48?,49?,51?,52?,53?,54?,55?/m0/s1. The van der Waals surface area contributed by atoms with Crippen LogP contribution in [0.1, 0.15) is 158 Å². The van der Waals surface area contributed by atoms with Gasteiger partial charge in [-0.05, 0) is 118 Å². The Balaban J connectivity index is 0.858. The largest absolute Gasteiger partial charge is 0.363 e. The highest BCUT2D eigenvalue weighted by Crippen LogP contribution is 2.38. The van der Waals surface area contributed by atoms with Gasteiger partial charge in [0.1, 0.15) is 37.1 Å². The van der Waals surface area contributed by atoms with E-state index in [2.05, 4.69) is 44.9 Å². The lowest BCUT2D eigenvalue weighted by Crippen LogP contribution is -2.57. The predicted octanol–water partition coefficient (Wildman–Crippen LogP) is 6.45. The van der Waals surface area contributed by atoms with Crippen LogP contribution in [0.2, 0.25) is 0 Å². The molecule has 2 aliphatic heterocycles. The summed E-state index contributed by atoms with van der Waals surface area (Å²) in [6.45, 7) is 6.84. The van der Waals surface area contributed by atoms with E-state index in [1.54, 1.807) is 16.8 Å². The van der Waals surface area contributed by atoms with Gasteiger partial charge in [-0.15, -0.1) is 0 Å². The van der Waals surface area contributed by atoms with E-state index >= 15 is 0 Å². The smallest absolute Gasteiger partial charge is 0.246 e. The first-order valence-electron chi connectivity index (χ1n) is 28.0. The number of nitrogens with zero attached hydrogens (tertiary/aromatic N) is 2. The summed E-state index contributed by atoms with van der Waals surface area (Å²) in [7, 11) is 1.76. The van der Waals surface area contributed by atoms with Crippen molar-refractivity contribution in [3.63, 3.8) is 0 Å². The number of ether oxygens (including phenoxy) is 2. The lowest BCUT2D eigenvalue weighted by atomic mass is 9.76. The van der Waals surface area contributed by atoms with Crippen molar-refractivity contribution in [3.05, 3.63) is 70.8 Å². The summed E-state index contributed by atoms with van der Waals surface area (Å²) in [5.74, 6) is 10.7. The van der Waals surface area contributed by atoms with E-state index in [1.165, 1.54) is 0 Å². The van der Waals surface area contributed by atoms with Crippen LogP contribution in [0.5, 0.6) is 0 Å². The summed E-state index contributed by atoms with van der Waals surface area (Å²) in [6, 6.07) is 12.9. The summed E-state index contributed by atoms with van der Waals surface area (Å²) >= 11 is 0. The summed E-state index contributed by atoms with van der Waals surface area (Å²) in [4.78, 5) is 87.0. The van der Waals surface area contributed by atoms with Gasteiger partial charge in [0.15, 0.2) is 0 Å². The number of hydrogen-bond donors (Lipinski definition) is 4. The normalized spacial score (nSPS) is 25.2. The molecule has 2 saturated carbocycles. The third-order valence-electron chi connectivity index (χ3n) is 17.2. The molecule has 0 bridgehead atoms. The molecule has 2 saturated heterocycles. The molecule has 2 aromatic rings. The molecular weight excluding hydrogens is 933 g/mol. The number of likely N-dealkylation sites (N-methyl/N-ethyl adjacent to an activating group) is 1. The topological polar surface area (TPSA) is 175 Å². The number of benzene rings is 2. The molecule has 2 aromatic carbocycles. The van der Waals surface area contributed by atoms with Crippen LogP contribution in [0.25, 0.3) is 0 Å². The highest BCUT2D eigenvalue weighted by atomic mass is 16.5. The van der Waals surface area contributed by atoms with Crippen molar-refractivity contribution in [1.29, 1.82) is 0 Å². The van der Waals surface area contributed by atoms with Gasteiger partial charge in [-0.25, -0.2) is 0 Å². The Labute approximate surface area is 439 Å². The van der Waals surface area contributed by atoms with Crippen molar-refractivity contribution in [1.82, 2.24) is 31.1 Å². The lowest BCUT2D eigenvalue weighted by Gasteiger charge is -2.35. The molecule has 0 radical (unpaired) electrons. The van der Waals surface area contributed by atoms with Crippen LogP contribution in [0, 0.1) is 47.4 Å². The van der Waals surface area contributed by atoms with Crippen molar-refractivity contribution in [3.8, 4) is 23.7 Å². The minimum absolute atomic E-state index is 0.0285. The van der Waals surface area contributed by atoms with Gasteiger partial charge in [-0.3, -0.25) is 28.8 Å². The molecule has 4 aliphatic carbocycles. The van der Waals surface area contributed by atoms with E-state index in [0.29, 0.717) is 51.6 Å². The Hall–Kier alpha value is -5.54. The molecule has 4 fully saturated rings. The zero-order valence-electron chi connectivity index (χ0n) is 44.3. The van der Waals surface area contributed by atoms with Crippen molar-refractivity contribution in [2.45, 2.75) is 185 Å². The van der Waals surface area contributed by atoms with E-state index in [0.717, 1.165) is 92.9 Å². The number of Topliss-reactive ketones (excluding diaryl/α,β-unsaturated/α-hetero) is 1. The zero-order valence-corrected chi connectivity index (χ0v) is 44.3. The summed E-state index contributed by atoms with van der Waals surface area (Å²) in [6.07, 6.45) is 13.9. The average Bonchev–Trinajstić information content (AvgIpc) is 4.26. The van der Waals surface area contributed by atoms with Gasteiger partial charge in [-0.1, -0.05) is 113 Å². The average molecular weight is 1010 g/mol. The lowest BCUT2D eigenvalue weighted by molar-refractivity contribution is -0.145. The van der Waals surface area contributed by atoms with E-state index in [9.17, 15) is 28.8 Å². The molecule has 5 amide bonds. The van der Waals surface area contributed by atoms with Gasteiger partial charge >= 0.3 is 0 Å². The Kier molecular flexibility index (Phi) is 19.4. The van der Waals surface area contributed by atoms with Crippen molar-refractivity contribution in [2.75, 3.05) is 33.4 Å². The quantitative estimate of drug-likeness (QED) is 0.115. The first-order chi connectivity index (χ1) is 36.0. The fourth-order valence-electron chi connectivity index (χ4n) is 12.6. The van der Waals surface area contributed by atoms with Crippen LogP contribution in [-0.4, -0.2) is 115 Å². The Morgan fingerprint density at radius 2 is 1.12 bits per heavy atom. The molecule has 0 aromatic heterocycles. The molecular formula is C60H80N6O8. The highest BCUT2D eigenvalue weighted by Gasteiger charge is 2.45. The second-order valence-corrected chi connectivity index (χ2v) is 21.8. The van der Waals surface area contributed by atoms with Crippen molar-refractivity contribution >= 4 is 35.3 Å². The molecule has 8 rings (SSSR count). The van der Waals surface area contributed by atoms with Gasteiger partial charge in [0.2, 0.25) is 29.5 Å². The number of fused-ring (bicyclic) bond motifs is 2. The van der Waals surface area contributed by atoms with Crippen LogP contribution in [0.4, 0.5) is 0 Å². The molecule has 0 spiro atoms. The predicted molar refractivity (Wildman–Crippen MR) is 283 cm³/mol. The zero-order chi connectivity index (χ0) is 52.1. The first-order valence-corrected chi connectivity index (χ1v) is 28.0. The molecule has 398 valence electrons. The second-order valence-electron chi connectivity index (χ2n) is 21.8. The van der Waals surface area contributed by atoms with Gasteiger partial charge in [0.05, 0.1) is 30.3 Å². The third-order valence-corrected chi connectivity index (χ3v) is 17.2. The highest BCUT2D eigenvalue weighted by molar-refractivity contribution is 5.94. The van der Waals surface area contributed by atoms with Crippen LogP contribution in [0.15, 0.2) is 48.5 Å². The molecule has 2 heterocycles. The molecule has 10 atom stereocenters. The minimum atomic E-state index is -0.641. The van der Waals surface area contributed by atoms with Gasteiger partial charge in [-0.2, -0.15) is 0 Å². The maximum atomic E-state index is 14.4. The maximum absolute atomic E-state index is 14.4. The Bertz CT molecular complexity index is 2280. The molecule has 4 N–H and O–H groups in total. The Morgan fingerprint density at radius 1 is 0.635 bits per heavy atom. The number of likely N-dealkylation sites (tertiary alicyclic amines) is 2. The van der Waals surface area contributed by atoms with Gasteiger partial charge in [0.25, 0.3) is 0 Å². The first kappa shape index (κ1) is 54.7. The second kappa shape index (κ2) is 26.3. The third kappa shape index (κ3) is 13.1. The summed E-state index contributed by atoms with van der Waals surface area (Å²) in [5.41, 5.74) is 4.14. The number of ketones is 1. The molecule has 6 aliphatic rings. The van der Waals surface area contributed by atoms with Crippen molar-refractivity contribution in [2.24, 2.45) is 23.7 Å². The summed E-state index contributed by atoms with van der Waals surface area (Å²) in [5, 5.41) is 12.7. The van der Waals surface area contributed by atoms with E-state index in [-0.39, 0.29) is 91.0 Å². The number of amides is 5. The fourth-order valence-corrected chi connectivity index (χ4v) is 12.6. The van der Waals surface area contributed by atoms with E-state index in [4.69, 9.17) is 9.47 Å². The van der Waals surface area contributed by atoms with E-state index in [1.807, 2.05) is 69.3 Å². The van der Waals surface area contributed by atoms with Gasteiger partial charge < -0.3 is 40.5 Å². The molecule has 74 heavy (non-hydrogen) atoms. The number of carbonyl (C=O) groups is 6. The number of rotatable bonds is 19. The summed E-state index contributed by atoms with van der Waals surface area (Å²) < 4.78 is 12.7. The number of nitrogens with one attached hydrogen (secondary N) is 4. The molecule has 14 nitrogen and oxygen atoms in total. The monoisotopic (exact) mass is 1010 g/mol. The minimum Gasteiger partial charge on any atom is -0.363 e. The van der Waals surface area contributed by atoms with Crippen LogP contribution >= 0.6 is 0 Å². The van der Waals surface area contributed by atoms with E-state index < -0.39 is 36.1 Å². The SMILES string of the molecule is CC[C@H](C)C(=O)NC(C(=O)N1CCCC1C(=O)NC1c2ccccc2CC1OCC#CC#CCOC1Cc2ccccc2C1NC(=O)C1CCCN1C(=O)C(CC(=O)[C@@H](C)NC)C1CCCCC1)C1CCCCC1.